The molecular weight excluding hydrogens is 294 g/mol. The van der Waals surface area contributed by atoms with Crippen LogP contribution in [0.15, 0.2) is 29.3 Å². The molecule has 18 heavy (non-hydrogen) atoms. The molecule has 1 aromatic rings. The maximum absolute atomic E-state index is 5.62. The molecule has 0 bridgehead atoms. The van der Waals surface area contributed by atoms with Gasteiger partial charge in [0.15, 0.2) is 11.5 Å². The largest absolute Gasteiger partial charge is 0.490 e. The summed E-state index contributed by atoms with van der Waals surface area (Å²) in [5.74, 6) is 1.53. The summed E-state index contributed by atoms with van der Waals surface area (Å²) in [6.45, 7) is 10.6. The van der Waals surface area contributed by atoms with E-state index in [0.29, 0.717) is 13.2 Å². The molecule has 0 atom stereocenters. The monoisotopic (exact) mass is 313 g/mol. The molecule has 1 aromatic carbocycles. The third-order valence-corrected chi connectivity index (χ3v) is 2.50. The second-order valence-electron chi connectivity index (χ2n) is 3.80. The molecule has 0 unspecified atom stereocenters. The summed E-state index contributed by atoms with van der Waals surface area (Å²) in [7, 11) is 0. The van der Waals surface area contributed by atoms with Crippen LogP contribution in [-0.4, -0.2) is 19.8 Å². The molecule has 100 valence electrons. The first kappa shape index (κ1) is 15.1. The summed E-state index contributed by atoms with van der Waals surface area (Å²) in [4.78, 5) is 0. The van der Waals surface area contributed by atoms with Crippen molar-refractivity contribution in [3.8, 4) is 11.5 Å². The zero-order chi connectivity index (χ0) is 13.4. The van der Waals surface area contributed by atoms with Gasteiger partial charge in [0.25, 0.3) is 0 Å². The van der Waals surface area contributed by atoms with Gasteiger partial charge in [0.2, 0.25) is 0 Å². The SMILES string of the molecule is C=C(Br)COc1ccc(CNCC)cc1OCC. The van der Waals surface area contributed by atoms with Crippen LogP contribution in [0.2, 0.25) is 0 Å². The van der Waals surface area contributed by atoms with Crippen molar-refractivity contribution in [1.29, 1.82) is 0 Å². The van der Waals surface area contributed by atoms with Crippen LogP contribution in [0, 0.1) is 0 Å². The zero-order valence-electron chi connectivity index (χ0n) is 11.0. The van der Waals surface area contributed by atoms with Gasteiger partial charge in [-0.15, -0.1) is 0 Å². The van der Waals surface area contributed by atoms with Crippen molar-refractivity contribution >= 4 is 15.9 Å². The van der Waals surface area contributed by atoms with Crippen LogP contribution < -0.4 is 14.8 Å². The predicted octanol–water partition coefficient (Wildman–Crippen LogP) is 3.48. The Balaban J connectivity index is 2.78. The van der Waals surface area contributed by atoms with Crippen LogP contribution in [0.3, 0.4) is 0 Å². The molecule has 0 heterocycles. The molecule has 0 saturated heterocycles. The summed E-state index contributed by atoms with van der Waals surface area (Å²) in [5, 5.41) is 3.29. The molecule has 0 saturated carbocycles. The average molecular weight is 314 g/mol. The van der Waals surface area contributed by atoms with Crippen molar-refractivity contribution in [3.63, 3.8) is 0 Å². The molecular formula is C14H20BrNO2. The summed E-state index contributed by atoms with van der Waals surface area (Å²) in [6, 6.07) is 5.99. The van der Waals surface area contributed by atoms with Crippen molar-refractivity contribution in [1.82, 2.24) is 5.32 Å². The number of benzene rings is 1. The second kappa shape index (κ2) is 8.16. The Hall–Kier alpha value is -1.00. The maximum Gasteiger partial charge on any atom is 0.161 e. The zero-order valence-corrected chi connectivity index (χ0v) is 12.5. The molecule has 0 aromatic heterocycles. The van der Waals surface area contributed by atoms with Crippen molar-refractivity contribution in [2.75, 3.05) is 19.8 Å². The molecule has 0 aliphatic heterocycles. The normalized spacial score (nSPS) is 10.2. The fourth-order valence-corrected chi connectivity index (χ4v) is 1.59. The first-order valence-electron chi connectivity index (χ1n) is 6.09. The van der Waals surface area contributed by atoms with E-state index in [1.165, 1.54) is 5.56 Å². The quantitative estimate of drug-likeness (QED) is 0.797. The van der Waals surface area contributed by atoms with Gasteiger partial charge in [0, 0.05) is 11.0 Å². The Morgan fingerprint density at radius 2 is 2.06 bits per heavy atom. The van der Waals surface area contributed by atoms with E-state index in [4.69, 9.17) is 9.47 Å². The minimum atomic E-state index is 0.437. The molecule has 3 nitrogen and oxygen atoms in total. The van der Waals surface area contributed by atoms with Gasteiger partial charge in [-0.3, -0.25) is 0 Å². The minimum absolute atomic E-state index is 0.437. The van der Waals surface area contributed by atoms with E-state index in [1.807, 2.05) is 25.1 Å². The Labute approximate surface area is 117 Å². The standard InChI is InChI=1S/C14H20BrNO2/c1-4-16-9-12-6-7-13(18-10-11(3)15)14(8-12)17-5-2/h6-8,16H,3-5,9-10H2,1-2H3. The molecule has 1 N–H and O–H groups in total. The van der Waals surface area contributed by atoms with E-state index in [0.717, 1.165) is 29.1 Å². The first-order chi connectivity index (χ1) is 8.67. The minimum Gasteiger partial charge on any atom is -0.490 e. The molecule has 1 rings (SSSR count). The number of hydrogen-bond acceptors (Lipinski definition) is 3. The van der Waals surface area contributed by atoms with E-state index >= 15 is 0 Å². The highest BCUT2D eigenvalue weighted by atomic mass is 79.9. The maximum atomic E-state index is 5.62. The molecule has 0 aliphatic rings. The van der Waals surface area contributed by atoms with Crippen molar-refractivity contribution in [2.45, 2.75) is 20.4 Å². The van der Waals surface area contributed by atoms with E-state index in [9.17, 15) is 0 Å². The topological polar surface area (TPSA) is 30.5 Å². The summed E-state index contributed by atoms with van der Waals surface area (Å²) >= 11 is 3.27. The number of rotatable bonds is 8. The smallest absolute Gasteiger partial charge is 0.161 e. The van der Waals surface area contributed by atoms with Gasteiger partial charge in [-0.1, -0.05) is 35.5 Å². The Morgan fingerprint density at radius 1 is 1.28 bits per heavy atom. The van der Waals surface area contributed by atoms with Crippen molar-refractivity contribution < 1.29 is 9.47 Å². The highest BCUT2D eigenvalue weighted by molar-refractivity contribution is 9.11. The fourth-order valence-electron chi connectivity index (χ4n) is 1.48. The number of halogens is 1. The lowest BCUT2D eigenvalue weighted by Gasteiger charge is -2.13. The van der Waals surface area contributed by atoms with E-state index < -0.39 is 0 Å². The number of hydrogen-bond donors (Lipinski definition) is 1. The Kier molecular flexibility index (Phi) is 6.83. The van der Waals surface area contributed by atoms with Crippen molar-refractivity contribution in [2.24, 2.45) is 0 Å². The van der Waals surface area contributed by atoms with Gasteiger partial charge in [0.05, 0.1) is 6.61 Å². The highest BCUT2D eigenvalue weighted by Crippen LogP contribution is 2.29. The first-order valence-corrected chi connectivity index (χ1v) is 6.89. The van der Waals surface area contributed by atoms with Gasteiger partial charge in [0.1, 0.15) is 6.61 Å². The lowest BCUT2D eigenvalue weighted by atomic mass is 10.2. The van der Waals surface area contributed by atoms with Crippen LogP contribution in [0.25, 0.3) is 0 Å². The summed E-state index contributed by atoms with van der Waals surface area (Å²) in [6.07, 6.45) is 0. The lowest BCUT2D eigenvalue weighted by molar-refractivity contribution is 0.295. The van der Waals surface area contributed by atoms with E-state index in [2.05, 4.69) is 34.7 Å². The van der Waals surface area contributed by atoms with E-state index in [1.54, 1.807) is 0 Å². The summed E-state index contributed by atoms with van der Waals surface area (Å²) < 4.78 is 12.0. The van der Waals surface area contributed by atoms with Gasteiger partial charge in [-0.25, -0.2) is 0 Å². The molecule has 4 heteroatoms. The summed E-state index contributed by atoms with van der Waals surface area (Å²) in [5.41, 5.74) is 1.19. The number of ether oxygens (including phenoxy) is 2. The van der Waals surface area contributed by atoms with Gasteiger partial charge in [-0.05, 0) is 31.2 Å². The second-order valence-corrected chi connectivity index (χ2v) is 4.92. The third kappa shape index (κ3) is 5.10. The van der Waals surface area contributed by atoms with Crippen LogP contribution in [0.4, 0.5) is 0 Å². The average Bonchev–Trinajstić information content (AvgIpc) is 2.35. The van der Waals surface area contributed by atoms with Crippen LogP contribution in [0.1, 0.15) is 19.4 Å². The van der Waals surface area contributed by atoms with E-state index in [-0.39, 0.29) is 0 Å². The van der Waals surface area contributed by atoms with Gasteiger partial charge in [-0.2, -0.15) is 0 Å². The molecule has 0 amide bonds. The Bertz CT molecular complexity index is 393. The fraction of sp³-hybridized carbons (Fsp3) is 0.429. The van der Waals surface area contributed by atoms with Crippen LogP contribution in [0.5, 0.6) is 11.5 Å². The van der Waals surface area contributed by atoms with Crippen LogP contribution >= 0.6 is 15.9 Å². The molecule has 0 aliphatic carbocycles. The molecule has 0 spiro atoms. The van der Waals surface area contributed by atoms with Crippen LogP contribution in [-0.2, 0) is 6.54 Å². The van der Waals surface area contributed by atoms with Crippen molar-refractivity contribution in [3.05, 3.63) is 34.8 Å². The van der Waals surface area contributed by atoms with Gasteiger partial charge >= 0.3 is 0 Å². The molecule has 0 radical (unpaired) electrons. The predicted molar refractivity (Wildman–Crippen MR) is 78.6 cm³/mol. The van der Waals surface area contributed by atoms with Gasteiger partial charge < -0.3 is 14.8 Å². The third-order valence-electron chi connectivity index (χ3n) is 2.27. The Morgan fingerprint density at radius 3 is 2.67 bits per heavy atom. The highest BCUT2D eigenvalue weighted by Gasteiger charge is 2.06. The number of nitrogens with one attached hydrogen (secondary N) is 1. The molecule has 0 fully saturated rings. The lowest BCUT2D eigenvalue weighted by Crippen LogP contribution is -2.12.